The zero-order chi connectivity index (χ0) is 19.5. The number of hydrogen-bond acceptors (Lipinski definition) is 1. The van der Waals surface area contributed by atoms with Gasteiger partial charge in [-0.25, -0.2) is 0 Å². The quantitative estimate of drug-likeness (QED) is 0.422. The Morgan fingerprint density at radius 2 is 1.50 bits per heavy atom. The fourth-order valence-corrected chi connectivity index (χ4v) is 6.31. The zero-order valence-electron chi connectivity index (χ0n) is 16.4. The third-order valence-corrected chi connectivity index (χ3v) is 8.05. The molecule has 140 valence electrons. The number of nitrogens with zero attached hydrogens (tertiary/aromatic N) is 1. The Labute approximate surface area is 171 Å². The summed E-state index contributed by atoms with van der Waals surface area (Å²) < 4.78 is 7.80. The van der Waals surface area contributed by atoms with E-state index in [1.807, 2.05) is 6.07 Å². The predicted octanol–water partition coefficient (Wildman–Crippen LogP) is 4.90. The van der Waals surface area contributed by atoms with Crippen molar-refractivity contribution in [2.45, 2.75) is 6.92 Å². The first kappa shape index (κ1) is 18.6. The molecule has 0 amide bonds. The number of aryl methyl sites for hydroxylation is 1. The molecule has 0 radical (unpaired) electrons. The minimum atomic E-state index is -1.57. The molecule has 3 aromatic carbocycles. The van der Waals surface area contributed by atoms with E-state index in [9.17, 15) is 0 Å². The van der Waals surface area contributed by atoms with Gasteiger partial charge in [-0.1, -0.05) is 0 Å². The average Bonchev–Trinajstić information content (AvgIpc) is 2.74. The molecule has 4 rings (SSSR count). The summed E-state index contributed by atoms with van der Waals surface area (Å²) in [6.45, 7) is 2.19. The fraction of sp³-hybridized carbons (Fsp3) is 0.120. The Kier molecular flexibility index (Phi) is 5.38. The molecule has 1 atom stereocenters. The van der Waals surface area contributed by atoms with Gasteiger partial charge in [0.15, 0.2) is 0 Å². The first-order valence-electron chi connectivity index (χ1n) is 9.35. The molecule has 0 aliphatic carbocycles. The van der Waals surface area contributed by atoms with Crippen LogP contribution >= 0.6 is 0 Å². The van der Waals surface area contributed by atoms with Crippen molar-refractivity contribution in [1.82, 2.24) is 0 Å². The number of anilines is 1. The summed E-state index contributed by atoms with van der Waals surface area (Å²) in [5, 5.41) is 0. The van der Waals surface area contributed by atoms with E-state index in [4.69, 9.17) is 3.47 Å². The van der Waals surface area contributed by atoms with Gasteiger partial charge in [-0.3, -0.25) is 0 Å². The van der Waals surface area contributed by atoms with Gasteiger partial charge in [0.05, 0.1) is 0 Å². The van der Waals surface area contributed by atoms with Crippen molar-refractivity contribution in [3.63, 3.8) is 0 Å². The summed E-state index contributed by atoms with van der Waals surface area (Å²) in [4.78, 5) is 4.49. The monoisotopic (exact) mass is 434 g/mol. The summed E-state index contributed by atoms with van der Waals surface area (Å²) in [5.74, 6) is 0.961. The van der Waals surface area contributed by atoms with E-state index < -0.39 is 13.8 Å². The van der Waals surface area contributed by atoms with Crippen molar-refractivity contribution < 1.29 is 3.47 Å². The molecular weight excluding hydrogens is 409 g/mol. The summed E-state index contributed by atoms with van der Waals surface area (Å²) in [6.07, 6.45) is 2.19. The van der Waals surface area contributed by atoms with Crippen molar-refractivity contribution in [3.8, 4) is 0 Å². The van der Waals surface area contributed by atoms with Crippen LogP contribution < -0.4 is 9.36 Å². The molecule has 1 aliphatic heterocycles. The molecule has 0 saturated heterocycles. The van der Waals surface area contributed by atoms with E-state index in [2.05, 4.69) is 110 Å². The summed E-state index contributed by atoms with van der Waals surface area (Å²) >= 11 is -1.57. The number of benzene rings is 3. The second kappa shape index (κ2) is 8.10. The van der Waals surface area contributed by atoms with Crippen LogP contribution in [-0.2, 0) is 3.47 Å². The third-order valence-electron chi connectivity index (χ3n) is 4.77. The number of rotatable bonds is 4. The SMILES string of the molecule is Cc1cc(N(C)C)ccc1C1=C[Se](c2ccccc2)=[O+]C(c2ccccc2)=C1. The molecule has 3 heteroatoms. The molecule has 2 nitrogen and oxygen atoms in total. The van der Waals surface area contributed by atoms with E-state index in [1.54, 1.807) is 0 Å². The molecule has 0 N–H and O–H groups in total. The van der Waals surface area contributed by atoms with E-state index in [1.165, 1.54) is 26.8 Å². The van der Waals surface area contributed by atoms with Gasteiger partial charge in [0.25, 0.3) is 0 Å². The Hall–Kier alpha value is -2.74. The fourth-order valence-electron chi connectivity index (χ4n) is 3.23. The van der Waals surface area contributed by atoms with Crippen molar-refractivity contribution in [1.29, 1.82) is 0 Å². The van der Waals surface area contributed by atoms with Gasteiger partial charge in [-0.05, 0) is 0 Å². The Bertz CT molecular complexity index is 1040. The van der Waals surface area contributed by atoms with E-state index in [-0.39, 0.29) is 0 Å². The first-order chi connectivity index (χ1) is 13.6. The average molecular weight is 433 g/mol. The van der Waals surface area contributed by atoms with Crippen molar-refractivity contribution in [2.75, 3.05) is 19.0 Å². The Morgan fingerprint density at radius 1 is 0.821 bits per heavy atom. The van der Waals surface area contributed by atoms with Crippen LogP contribution in [0.1, 0.15) is 16.7 Å². The topological polar surface area (TPSA) is 14.5 Å². The molecular formula is C25H24NOSe+. The predicted molar refractivity (Wildman–Crippen MR) is 120 cm³/mol. The van der Waals surface area contributed by atoms with Crippen LogP contribution in [0.4, 0.5) is 5.69 Å². The van der Waals surface area contributed by atoms with E-state index in [0.29, 0.717) is 0 Å². The standard InChI is InChI=1S/C25H24NOSe/c1-19-16-22(26(2)3)14-15-24(19)21-17-25(20-10-6-4-7-11-20)27-28(18-21)23-12-8-5-9-13-23/h4-18H,1-3H3/q+1. The van der Waals surface area contributed by atoms with Crippen molar-refractivity contribution >= 4 is 35.3 Å². The van der Waals surface area contributed by atoms with Crippen LogP contribution in [0.15, 0.2) is 89.9 Å². The molecule has 0 saturated carbocycles. The van der Waals surface area contributed by atoms with Gasteiger partial charge in [0, 0.05) is 0 Å². The van der Waals surface area contributed by atoms with Crippen LogP contribution in [-0.4, -0.2) is 27.9 Å². The molecule has 3 aromatic rings. The molecule has 0 fully saturated rings. The molecule has 1 heterocycles. The second-order valence-electron chi connectivity index (χ2n) is 7.04. The Balaban J connectivity index is 1.85. The van der Waals surface area contributed by atoms with Crippen molar-refractivity contribution in [2.24, 2.45) is 0 Å². The molecule has 28 heavy (non-hydrogen) atoms. The van der Waals surface area contributed by atoms with Crippen LogP contribution in [0.5, 0.6) is 0 Å². The summed E-state index contributed by atoms with van der Waals surface area (Å²) in [6, 6.07) is 27.7. The van der Waals surface area contributed by atoms with Crippen LogP contribution in [0.3, 0.4) is 0 Å². The molecule has 1 unspecified atom stereocenters. The normalized spacial score (nSPS) is 16.0. The summed E-state index contributed by atoms with van der Waals surface area (Å²) in [7, 11) is 4.15. The van der Waals surface area contributed by atoms with Gasteiger partial charge in [0.2, 0.25) is 0 Å². The number of allylic oxidation sites excluding steroid dienone is 2. The summed E-state index contributed by atoms with van der Waals surface area (Å²) in [5.41, 5.74) is 6.15. The molecule has 0 aromatic heterocycles. The molecule has 0 bridgehead atoms. The van der Waals surface area contributed by atoms with Crippen LogP contribution in [0.25, 0.3) is 11.3 Å². The Morgan fingerprint density at radius 3 is 2.14 bits per heavy atom. The van der Waals surface area contributed by atoms with Crippen LogP contribution in [0.2, 0.25) is 0 Å². The van der Waals surface area contributed by atoms with Crippen LogP contribution in [0, 0.1) is 6.92 Å². The van der Waals surface area contributed by atoms with Gasteiger partial charge in [0.1, 0.15) is 0 Å². The molecule has 1 aliphatic rings. The third kappa shape index (κ3) is 3.91. The zero-order valence-corrected chi connectivity index (χ0v) is 18.1. The van der Waals surface area contributed by atoms with Gasteiger partial charge >= 0.3 is 171 Å². The minimum absolute atomic E-state index is 0.961. The van der Waals surface area contributed by atoms with E-state index in [0.717, 1.165) is 11.3 Å². The first-order valence-corrected chi connectivity index (χ1v) is 11.9. The maximum atomic E-state index is 6.51. The second-order valence-corrected chi connectivity index (χ2v) is 10.1. The van der Waals surface area contributed by atoms with E-state index >= 15 is 0 Å². The molecule has 0 spiro atoms. The maximum absolute atomic E-state index is 6.51. The number of hydrogen-bond donors (Lipinski definition) is 0. The van der Waals surface area contributed by atoms with Crippen molar-refractivity contribution in [3.05, 3.63) is 107 Å². The van der Waals surface area contributed by atoms with Gasteiger partial charge in [-0.15, -0.1) is 0 Å². The van der Waals surface area contributed by atoms with Gasteiger partial charge < -0.3 is 0 Å². The van der Waals surface area contributed by atoms with Gasteiger partial charge in [-0.2, -0.15) is 0 Å².